The van der Waals surface area contributed by atoms with E-state index in [1.807, 2.05) is 29.2 Å². The van der Waals surface area contributed by atoms with Gasteiger partial charge in [0.25, 0.3) is 5.91 Å². The van der Waals surface area contributed by atoms with E-state index in [0.717, 1.165) is 11.3 Å². The number of carbonyl (C=O) groups is 1. The second-order valence-corrected chi connectivity index (χ2v) is 6.13. The molecule has 5 nitrogen and oxygen atoms in total. The van der Waals surface area contributed by atoms with Gasteiger partial charge < -0.3 is 18.8 Å². The highest BCUT2D eigenvalue weighted by atomic mass is 16.5. The van der Waals surface area contributed by atoms with Gasteiger partial charge in [-0.1, -0.05) is 26.0 Å². The van der Waals surface area contributed by atoms with Gasteiger partial charge in [-0.15, -0.1) is 0 Å². The number of amides is 1. The van der Waals surface area contributed by atoms with Crippen LogP contribution in [0.4, 0.5) is 0 Å². The summed E-state index contributed by atoms with van der Waals surface area (Å²) in [5.41, 5.74) is 1.05. The van der Waals surface area contributed by atoms with Crippen molar-refractivity contribution in [3.63, 3.8) is 0 Å². The van der Waals surface area contributed by atoms with Crippen molar-refractivity contribution in [3.05, 3.63) is 53.5 Å². The number of furan rings is 1. The molecule has 2 aromatic rings. The van der Waals surface area contributed by atoms with E-state index < -0.39 is 0 Å². The van der Waals surface area contributed by atoms with E-state index in [-0.39, 0.29) is 5.91 Å². The SMILES string of the molecule is COCc1ccc(C(=O)N(Cc2ccc(OC)cc2)CC(C)C)o1. The molecule has 0 spiro atoms. The Morgan fingerprint density at radius 2 is 1.83 bits per heavy atom. The lowest BCUT2D eigenvalue weighted by molar-refractivity contribution is 0.0683. The highest BCUT2D eigenvalue weighted by molar-refractivity contribution is 5.91. The van der Waals surface area contributed by atoms with E-state index in [2.05, 4.69) is 13.8 Å². The zero-order chi connectivity index (χ0) is 17.5. The molecular weight excluding hydrogens is 306 g/mol. The fourth-order valence-corrected chi connectivity index (χ4v) is 2.48. The smallest absolute Gasteiger partial charge is 0.289 e. The summed E-state index contributed by atoms with van der Waals surface area (Å²) in [7, 11) is 3.23. The lowest BCUT2D eigenvalue weighted by Crippen LogP contribution is -2.33. The van der Waals surface area contributed by atoms with Crippen molar-refractivity contribution in [1.29, 1.82) is 0 Å². The van der Waals surface area contributed by atoms with Crippen molar-refractivity contribution in [2.24, 2.45) is 5.92 Å². The molecule has 5 heteroatoms. The maximum absolute atomic E-state index is 12.8. The molecule has 0 saturated carbocycles. The lowest BCUT2D eigenvalue weighted by atomic mass is 10.1. The third-order valence-electron chi connectivity index (χ3n) is 3.56. The van der Waals surface area contributed by atoms with E-state index in [1.54, 1.807) is 26.4 Å². The molecule has 0 saturated heterocycles. The van der Waals surface area contributed by atoms with Crippen molar-refractivity contribution in [1.82, 2.24) is 4.90 Å². The molecule has 2 rings (SSSR count). The first-order valence-corrected chi connectivity index (χ1v) is 8.03. The average Bonchev–Trinajstić information content (AvgIpc) is 3.03. The van der Waals surface area contributed by atoms with Crippen molar-refractivity contribution >= 4 is 5.91 Å². The van der Waals surface area contributed by atoms with Gasteiger partial charge in [-0.25, -0.2) is 0 Å². The molecule has 0 unspecified atom stereocenters. The van der Waals surface area contributed by atoms with Gasteiger partial charge in [-0.2, -0.15) is 0 Å². The molecule has 0 aliphatic heterocycles. The Hall–Kier alpha value is -2.27. The molecule has 130 valence electrons. The molecule has 1 aromatic carbocycles. The van der Waals surface area contributed by atoms with Gasteiger partial charge in [0.05, 0.1) is 7.11 Å². The summed E-state index contributed by atoms with van der Waals surface area (Å²) in [5, 5.41) is 0. The standard InChI is InChI=1S/C19H25NO4/c1-14(2)11-20(12-15-5-7-16(23-4)8-6-15)19(21)18-10-9-17(24-18)13-22-3/h5-10,14H,11-13H2,1-4H3. The van der Waals surface area contributed by atoms with Crippen LogP contribution in [-0.2, 0) is 17.9 Å². The topological polar surface area (TPSA) is 51.9 Å². The van der Waals surface area contributed by atoms with E-state index in [4.69, 9.17) is 13.9 Å². The molecule has 1 heterocycles. The first-order valence-electron chi connectivity index (χ1n) is 8.03. The van der Waals surface area contributed by atoms with Crippen LogP contribution in [0, 0.1) is 5.92 Å². The lowest BCUT2D eigenvalue weighted by Gasteiger charge is -2.24. The minimum absolute atomic E-state index is 0.109. The van der Waals surface area contributed by atoms with Gasteiger partial charge in [-0.3, -0.25) is 4.79 Å². The largest absolute Gasteiger partial charge is 0.497 e. The Kier molecular flexibility index (Phi) is 6.44. The minimum atomic E-state index is -0.109. The molecule has 0 N–H and O–H groups in total. The number of carbonyl (C=O) groups excluding carboxylic acids is 1. The monoisotopic (exact) mass is 331 g/mol. The number of rotatable bonds is 8. The molecule has 0 aliphatic rings. The van der Waals surface area contributed by atoms with Crippen LogP contribution >= 0.6 is 0 Å². The summed E-state index contributed by atoms with van der Waals surface area (Å²) in [6.45, 7) is 5.72. The third kappa shape index (κ3) is 4.86. The number of methoxy groups -OCH3 is 2. The highest BCUT2D eigenvalue weighted by Gasteiger charge is 2.20. The third-order valence-corrected chi connectivity index (χ3v) is 3.56. The van der Waals surface area contributed by atoms with E-state index in [1.165, 1.54) is 0 Å². The molecule has 0 radical (unpaired) electrons. The first-order chi connectivity index (χ1) is 11.5. The van der Waals surface area contributed by atoms with Gasteiger partial charge in [0.2, 0.25) is 0 Å². The summed E-state index contributed by atoms with van der Waals surface area (Å²) in [4.78, 5) is 14.6. The van der Waals surface area contributed by atoms with Crippen molar-refractivity contribution in [2.75, 3.05) is 20.8 Å². The predicted molar refractivity (Wildman–Crippen MR) is 92.0 cm³/mol. The van der Waals surface area contributed by atoms with Crippen LogP contribution in [0.25, 0.3) is 0 Å². The summed E-state index contributed by atoms with van der Waals surface area (Å²) in [5.74, 6) is 2.05. The number of hydrogen-bond acceptors (Lipinski definition) is 4. The van der Waals surface area contributed by atoms with Gasteiger partial charge in [0.1, 0.15) is 18.1 Å². The highest BCUT2D eigenvalue weighted by Crippen LogP contribution is 2.17. The van der Waals surface area contributed by atoms with Crippen LogP contribution in [0.2, 0.25) is 0 Å². The summed E-state index contributed by atoms with van der Waals surface area (Å²) in [6.07, 6.45) is 0. The number of benzene rings is 1. The Morgan fingerprint density at radius 3 is 2.42 bits per heavy atom. The summed E-state index contributed by atoms with van der Waals surface area (Å²) >= 11 is 0. The van der Waals surface area contributed by atoms with Crippen LogP contribution in [0.15, 0.2) is 40.8 Å². The molecule has 0 fully saturated rings. The normalized spacial score (nSPS) is 10.9. The molecule has 24 heavy (non-hydrogen) atoms. The van der Waals surface area contributed by atoms with Crippen molar-refractivity contribution in [3.8, 4) is 5.75 Å². The molecule has 0 bridgehead atoms. The summed E-state index contributed by atoms with van der Waals surface area (Å²) < 4.78 is 15.8. The van der Waals surface area contributed by atoms with Crippen molar-refractivity contribution < 1.29 is 18.7 Å². The molecule has 0 atom stereocenters. The van der Waals surface area contributed by atoms with Gasteiger partial charge in [-0.05, 0) is 35.7 Å². The number of ether oxygens (including phenoxy) is 2. The van der Waals surface area contributed by atoms with Gasteiger partial charge >= 0.3 is 0 Å². The van der Waals surface area contributed by atoms with Crippen LogP contribution in [0.1, 0.15) is 35.7 Å². The first kappa shape index (κ1) is 18.1. The Balaban J connectivity index is 2.14. The van der Waals surface area contributed by atoms with Crippen LogP contribution in [0.3, 0.4) is 0 Å². The molecule has 1 aromatic heterocycles. The maximum Gasteiger partial charge on any atom is 0.289 e. The molecule has 1 amide bonds. The quantitative estimate of drug-likeness (QED) is 0.739. The van der Waals surface area contributed by atoms with E-state index in [9.17, 15) is 4.79 Å². The van der Waals surface area contributed by atoms with E-state index >= 15 is 0 Å². The fraction of sp³-hybridized carbons (Fsp3) is 0.421. The second-order valence-electron chi connectivity index (χ2n) is 6.13. The fourth-order valence-electron chi connectivity index (χ4n) is 2.48. The van der Waals surface area contributed by atoms with E-state index in [0.29, 0.717) is 37.1 Å². The number of hydrogen-bond donors (Lipinski definition) is 0. The molecule has 0 aliphatic carbocycles. The minimum Gasteiger partial charge on any atom is -0.497 e. The van der Waals surface area contributed by atoms with Gasteiger partial charge in [0.15, 0.2) is 5.76 Å². The van der Waals surface area contributed by atoms with Crippen LogP contribution in [0.5, 0.6) is 5.75 Å². The zero-order valence-electron chi connectivity index (χ0n) is 14.7. The Bertz CT molecular complexity index is 646. The van der Waals surface area contributed by atoms with Crippen LogP contribution in [-0.4, -0.2) is 31.6 Å². The molecular formula is C19H25NO4. The average molecular weight is 331 g/mol. The van der Waals surface area contributed by atoms with Crippen molar-refractivity contribution in [2.45, 2.75) is 27.0 Å². The predicted octanol–water partition coefficient (Wildman–Crippen LogP) is 3.73. The zero-order valence-corrected chi connectivity index (χ0v) is 14.7. The second kappa shape index (κ2) is 8.55. The Morgan fingerprint density at radius 1 is 1.12 bits per heavy atom. The van der Waals surface area contributed by atoms with Gasteiger partial charge in [0, 0.05) is 20.2 Å². The number of nitrogens with zero attached hydrogens (tertiary/aromatic N) is 1. The van der Waals surface area contributed by atoms with Crippen LogP contribution < -0.4 is 4.74 Å². The Labute approximate surface area is 143 Å². The maximum atomic E-state index is 12.8. The summed E-state index contributed by atoms with van der Waals surface area (Å²) in [6, 6.07) is 11.2.